The highest BCUT2D eigenvalue weighted by Gasteiger charge is 2.38. The molecule has 4 unspecified atom stereocenters. The van der Waals surface area contributed by atoms with Crippen LogP contribution in [0.2, 0.25) is 0 Å². The van der Waals surface area contributed by atoms with Gasteiger partial charge in [-0.25, -0.2) is 0 Å². The first-order valence-electron chi connectivity index (χ1n) is 32.0. The average molecular weight is 1150 g/mol. The third-order valence-electron chi connectivity index (χ3n) is 17.1. The molecule has 10 heteroatoms. The molecule has 4 atom stereocenters. The van der Waals surface area contributed by atoms with E-state index < -0.39 is 24.4 Å². The van der Waals surface area contributed by atoms with Crippen LogP contribution in [0.4, 0.5) is 34.1 Å². The van der Waals surface area contributed by atoms with Crippen LogP contribution in [0.1, 0.15) is 203 Å². The average Bonchev–Trinajstić information content (AvgIpc) is 3.13. The standard InChI is InChI=1S/C76H84N2O8/c1-5-9-13-37-71(79)83-67-49-51-69(85-73(81)39-15-11-7-3)75-61(67)31-23-35-65(75)77(63-33-21-27-55-25-17-19-29-59(55)63)57-45-41-53(42-46-57)54-43-47-58(48-44-54)78(64-34-22-28-56-26-18-20-30-60(56)64)66-36-24-32-62-68(84-72(80)38-14-10-6-2)50-52-70(76(62)66)86-74(82)40-16-12-8-4/h17-36,41-48,67-70H,5-16,37-40,49-52H2,1-4H3. The van der Waals surface area contributed by atoms with Crippen LogP contribution >= 0.6 is 0 Å². The van der Waals surface area contributed by atoms with Crippen molar-refractivity contribution in [1.82, 2.24) is 0 Å². The molecule has 0 radical (unpaired) electrons. The van der Waals surface area contributed by atoms with Gasteiger partial charge in [-0.3, -0.25) is 19.2 Å². The minimum Gasteiger partial charge on any atom is -0.457 e. The van der Waals surface area contributed by atoms with Gasteiger partial charge in [0.25, 0.3) is 0 Å². The summed E-state index contributed by atoms with van der Waals surface area (Å²) in [5, 5.41) is 4.28. The summed E-state index contributed by atoms with van der Waals surface area (Å²) in [5.74, 6) is -0.858. The number of unbranched alkanes of at least 4 members (excludes halogenated alkanes) is 8. The molecule has 0 aromatic heterocycles. The number of nitrogens with zero attached hydrogens (tertiary/aromatic N) is 2. The number of hydrogen-bond donors (Lipinski definition) is 0. The lowest BCUT2D eigenvalue weighted by atomic mass is 9.85. The molecule has 2 aliphatic carbocycles. The van der Waals surface area contributed by atoms with E-state index in [0.29, 0.717) is 51.4 Å². The quantitative estimate of drug-likeness (QED) is 0.0280. The van der Waals surface area contributed by atoms with Gasteiger partial charge < -0.3 is 28.7 Å². The van der Waals surface area contributed by atoms with Gasteiger partial charge in [0.1, 0.15) is 24.4 Å². The van der Waals surface area contributed by atoms with Gasteiger partial charge in [-0.2, -0.15) is 0 Å². The molecule has 0 saturated carbocycles. The summed E-state index contributed by atoms with van der Waals surface area (Å²) in [6, 6.07) is 59.0. The van der Waals surface area contributed by atoms with E-state index in [1.807, 2.05) is 24.3 Å². The predicted octanol–water partition coefficient (Wildman–Crippen LogP) is 20.8. The van der Waals surface area contributed by atoms with Crippen LogP contribution < -0.4 is 9.80 Å². The largest absolute Gasteiger partial charge is 0.457 e. The van der Waals surface area contributed by atoms with Crippen LogP contribution in [0.3, 0.4) is 0 Å². The van der Waals surface area contributed by atoms with E-state index in [1.165, 1.54) is 0 Å². The van der Waals surface area contributed by atoms with Crippen molar-refractivity contribution in [1.29, 1.82) is 0 Å². The number of esters is 4. The molecule has 0 aliphatic heterocycles. The molecule has 0 fully saturated rings. The summed E-state index contributed by atoms with van der Waals surface area (Å²) in [5.41, 5.74) is 10.9. The van der Waals surface area contributed by atoms with Crippen molar-refractivity contribution in [2.45, 2.75) is 181 Å². The maximum Gasteiger partial charge on any atom is 0.306 e. The molecule has 2 aliphatic rings. The summed E-state index contributed by atoms with van der Waals surface area (Å²) in [6.07, 6.45) is 12.4. The number of carbonyl (C=O) groups is 4. The lowest BCUT2D eigenvalue weighted by Gasteiger charge is -2.36. The number of benzene rings is 8. The number of fused-ring (bicyclic) bond motifs is 4. The molecule has 0 N–H and O–H groups in total. The molecule has 8 aromatic carbocycles. The van der Waals surface area contributed by atoms with Gasteiger partial charge in [-0.15, -0.1) is 0 Å². The number of rotatable bonds is 27. The second kappa shape index (κ2) is 29.7. The minimum absolute atomic E-state index is 0.209. The van der Waals surface area contributed by atoms with E-state index in [2.05, 4.69) is 183 Å². The Hall–Kier alpha value is -8.24. The Bertz CT molecular complexity index is 3350. The Balaban J connectivity index is 1.05. The highest BCUT2D eigenvalue weighted by Crippen LogP contribution is 2.52. The third kappa shape index (κ3) is 14.4. The first-order valence-corrected chi connectivity index (χ1v) is 32.0. The van der Waals surface area contributed by atoms with Crippen molar-refractivity contribution >= 4 is 79.5 Å². The molecule has 0 saturated heterocycles. The normalized spacial score (nSPS) is 16.2. The van der Waals surface area contributed by atoms with Crippen molar-refractivity contribution in [2.24, 2.45) is 0 Å². The van der Waals surface area contributed by atoms with Crippen LogP contribution in [0, 0.1) is 0 Å². The lowest BCUT2D eigenvalue weighted by molar-refractivity contribution is -0.156. The van der Waals surface area contributed by atoms with Gasteiger partial charge in [0.15, 0.2) is 0 Å². The van der Waals surface area contributed by atoms with Gasteiger partial charge in [-0.05, 0) is 122 Å². The zero-order chi connectivity index (χ0) is 59.8. The maximum atomic E-state index is 13.7. The van der Waals surface area contributed by atoms with Gasteiger partial charge >= 0.3 is 23.9 Å². The smallest absolute Gasteiger partial charge is 0.306 e. The van der Waals surface area contributed by atoms with E-state index in [0.717, 1.165) is 166 Å². The molecular weight excluding hydrogens is 1070 g/mol. The molecule has 10 rings (SSSR count). The molecular formula is C76H84N2O8. The first-order chi connectivity index (χ1) is 42.2. The van der Waals surface area contributed by atoms with E-state index >= 15 is 0 Å². The summed E-state index contributed by atoms with van der Waals surface area (Å²) < 4.78 is 25.6. The van der Waals surface area contributed by atoms with Crippen LogP contribution in [0.25, 0.3) is 32.7 Å². The zero-order valence-corrected chi connectivity index (χ0v) is 50.8. The highest BCUT2D eigenvalue weighted by molar-refractivity contribution is 6.01. The summed E-state index contributed by atoms with van der Waals surface area (Å²) in [6.45, 7) is 8.51. The molecule has 8 aromatic rings. The van der Waals surface area contributed by atoms with Gasteiger partial charge in [0.2, 0.25) is 0 Å². The van der Waals surface area contributed by atoms with E-state index in [-0.39, 0.29) is 23.9 Å². The number of ether oxygens (including phenoxy) is 4. The molecule has 10 nitrogen and oxygen atoms in total. The van der Waals surface area contributed by atoms with E-state index in [1.54, 1.807) is 0 Å². The number of hydrogen-bond acceptors (Lipinski definition) is 10. The molecule has 0 heterocycles. The maximum absolute atomic E-state index is 13.7. The highest BCUT2D eigenvalue weighted by atomic mass is 16.6. The fraction of sp³-hybridized carbons (Fsp3) is 0.368. The van der Waals surface area contributed by atoms with Crippen molar-refractivity contribution in [3.05, 3.63) is 192 Å². The van der Waals surface area contributed by atoms with Crippen LogP contribution in [0.15, 0.2) is 170 Å². The van der Waals surface area contributed by atoms with Gasteiger partial charge in [0.05, 0.1) is 22.7 Å². The fourth-order valence-corrected chi connectivity index (χ4v) is 12.7. The lowest BCUT2D eigenvalue weighted by Crippen LogP contribution is -2.25. The van der Waals surface area contributed by atoms with Crippen molar-refractivity contribution in [3.8, 4) is 11.1 Å². The van der Waals surface area contributed by atoms with Gasteiger partial charge in [0, 0.05) is 70.1 Å². The molecule has 0 amide bonds. The Kier molecular flexibility index (Phi) is 21.0. The van der Waals surface area contributed by atoms with Crippen LogP contribution in [-0.2, 0) is 38.1 Å². The number of anilines is 6. The van der Waals surface area contributed by atoms with E-state index in [4.69, 9.17) is 18.9 Å². The Morgan fingerprint density at radius 2 is 0.640 bits per heavy atom. The summed E-state index contributed by atoms with van der Waals surface area (Å²) in [7, 11) is 0. The zero-order valence-electron chi connectivity index (χ0n) is 50.8. The monoisotopic (exact) mass is 1150 g/mol. The molecule has 0 spiro atoms. The predicted molar refractivity (Wildman–Crippen MR) is 347 cm³/mol. The van der Waals surface area contributed by atoms with Gasteiger partial charge in [-0.1, -0.05) is 200 Å². The van der Waals surface area contributed by atoms with E-state index in [9.17, 15) is 19.2 Å². The summed E-state index contributed by atoms with van der Waals surface area (Å²) in [4.78, 5) is 58.8. The second-order valence-electron chi connectivity index (χ2n) is 23.2. The third-order valence-corrected chi connectivity index (χ3v) is 17.1. The fourth-order valence-electron chi connectivity index (χ4n) is 12.7. The first kappa shape index (κ1) is 60.9. The van der Waals surface area contributed by atoms with Crippen molar-refractivity contribution in [3.63, 3.8) is 0 Å². The molecule has 86 heavy (non-hydrogen) atoms. The summed E-state index contributed by atoms with van der Waals surface area (Å²) >= 11 is 0. The molecule has 446 valence electrons. The van der Waals surface area contributed by atoms with Crippen LogP contribution in [-0.4, -0.2) is 23.9 Å². The Morgan fingerprint density at radius 3 is 1.00 bits per heavy atom. The van der Waals surface area contributed by atoms with Crippen LogP contribution in [0.5, 0.6) is 0 Å². The topological polar surface area (TPSA) is 112 Å². The van der Waals surface area contributed by atoms with Crippen molar-refractivity contribution < 1.29 is 38.1 Å². The number of carbonyl (C=O) groups excluding carboxylic acids is 4. The minimum atomic E-state index is -0.550. The Labute approximate surface area is 508 Å². The molecule has 0 bridgehead atoms. The second-order valence-corrected chi connectivity index (χ2v) is 23.2. The SMILES string of the molecule is CCCCCC(=O)OC1CCC(OC(=O)CCCCC)c2c1cccc2N(c1ccc(-c2ccc(N(c3cccc4c3C(OC(=O)CCCCC)CCC4OC(=O)CCCCC)c3cccc4ccccc34)cc2)cc1)c1cccc2ccccc12. The Morgan fingerprint density at radius 1 is 0.337 bits per heavy atom. The van der Waals surface area contributed by atoms with Crippen molar-refractivity contribution in [2.75, 3.05) is 9.80 Å².